The van der Waals surface area contributed by atoms with Crippen molar-refractivity contribution in [2.75, 3.05) is 24.5 Å². The molecule has 3 aromatic heterocycles. The van der Waals surface area contributed by atoms with E-state index in [1.807, 2.05) is 6.07 Å². The van der Waals surface area contributed by atoms with Crippen molar-refractivity contribution in [1.82, 2.24) is 20.1 Å². The van der Waals surface area contributed by atoms with Crippen molar-refractivity contribution in [2.24, 2.45) is 5.92 Å². The Morgan fingerprint density at radius 1 is 1.24 bits per heavy atom. The van der Waals surface area contributed by atoms with Gasteiger partial charge in [-0.2, -0.15) is 5.10 Å². The van der Waals surface area contributed by atoms with Gasteiger partial charge in [-0.3, -0.25) is 9.59 Å². The Kier molecular flexibility index (Phi) is 5.91. The van der Waals surface area contributed by atoms with Crippen LogP contribution in [0.4, 0.5) is 9.52 Å². The van der Waals surface area contributed by atoms with Gasteiger partial charge in [0, 0.05) is 25.7 Å². The van der Waals surface area contributed by atoms with E-state index >= 15 is 0 Å². The predicted molar refractivity (Wildman–Crippen MR) is 124 cm³/mol. The number of carbonyl (C=O) groups excluding carboxylic acids is 1. The number of para-hydroxylation sites is 1. The Morgan fingerprint density at radius 3 is 2.97 bits per heavy atom. The van der Waals surface area contributed by atoms with Crippen LogP contribution in [0, 0.1) is 11.7 Å². The summed E-state index contributed by atoms with van der Waals surface area (Å²) in [6.07, 6.45) is 3.17. The minimum absolute atomic E-state index is 0.0674. The first-order valence-electron chi connectivity index (χ1n) is 10.8. The van der Waals surface area contributed by atoms with Crippen molar-refractivity contribution in [3.05, 3.63) is 64.9 Å². The average Bonchev–Trinajstić information content (AvgIpc) is 3.51. The number of hydrogen-bond donors (Lipinski definition) is 1. The van der Waals surface area contributed by atoms with Crippen LogP contribution < -0.4 is 15.8 Å². The highest BCUT2D eigenvalue weighted by atomic mass is 32.1. The van der Waals surface area contributed by atoms with E-state index in [1.165, 1.54) is 28.2 Å². The zero-order chi connectivity index (χ0) is 22.8. The molecule has 1 N–H and O–H groups in total. The fraction of sp³-hybridized carbons (Fsp3) is 0.304. The summed E-state index contributed by atoms with van der Waals surface area (Å²) in [6.45, 7) is 1.85. The molecule has 1 saturated heterocycles. The van der Waals surface area contributed by atoms with Crippen molar-refractivity contribution < 1.29 is 13.6 Å². The first kappa shape index (κ1) is 21.3. The normalized spacial score (nSPS) is 16.3. The summed E-state index contributed by atoms with van der Waals surface area (Å²) < 4.78 is 21.5. The smallest absolute Gasteiger partial charge is 0.266 e. The third-order valence-electron chi connectivity index (χ3n) is 5.68. The van der Waals surface area contributed by atoms with Gasteiger partial charge >= 0.3 is 0 Å². The third kappa shape index (κ3) is 4.51. The molecule has 0 aliphatic carbocycles. The maximum absolute atomic E-state index is 14.0. The number of fused-ring (bicyclic) bond motifs is 1. The Morgan fingerprint density at radius 2 is 2.15 bits per heavy atom. The summed E-state index contributed by atoms with van der Waals surface area (Å²) in [6, 6.07) is 11.5. The fourth-order valence-corrected chi connectivity index (χ4v) is 5.01. The Balaban J connectivity index is 1.20. The Hall–Kier alpha value is -3.53. The first-order chi connectivity index (χ1) is 16.1. The van der Waals surface area contributed by atoms with E-state index in [-0.39, 0.29) is 36.3 Å². The molecule has 1 amide bonds. The number of nitrogens with zero attached hydrogens (tertiary/aromatic N) is 4. The standard InChI is InChI=1S/C23H22FN5O3S/c24-16-5-1-7-19-21(16)26-23(33-19)28-11-2-4-15(14-28)22(31)25-10-12-29-20(30)9-8-17(27-29)18-6-3-13-32-18/h1,3,5-9,13,15H,2,4,10-12,14H2,(H,25,31). The van der Waals surface area contributed by atoms with Gasteiger partial charge in [-0.05, 0) is 43.2 Å². The van der Waals surface area contributed by atoms with E-state index in [4.69, 9.17) is 4.42 Å². The summed E-state index contributed by atoms with van der Waals surface area (Å²) in [5, 5.41) is 7.98. The van der Waals surface area contributed by atoms with Gasteiger partial charge in [0.15, 0.2) is 10.9 Å². The number of benzene rings is 1. The molecule has 0 spiro atoms. The van der Waals surface area contributed by atoms with Gasteiger partial charge < -0.3 is 14.6 Å². The van der Waals surface area contributed by atoms with Gasteiger partial charge in [0.25, 0.3) is 5.56 Å². The van der Waals surface area contributed by atoms with Gasteiger partial charge in [-0.15, -0.1) is 0 Å². The van der Waals surface area contributed by atoms with Gasteiger partial charge in [-0.1, -0.05) is 17.4 Å². The number of rotatable bonds is 6. The van der Waals surface area contributed by atoms with Crippen LogP contribution in [0.25, 0.3) is 21.7 Å². The second kappa shape index (κ2) is 9.14. The molecule has 8 nitrogen and oxygen atoms in total. The zero-order valence-corrected chi connectivity index (χ0v) is 18.6. The lowest BCUT2D eigenvalue weighted by atomic mass is 9.97. The SMILES string of the molecule is O=C(NCCn1nc(-c2ccco2)ccc1=O)C1CCCN(c2nc3c(F)cccc3s2)C1. The summed E-state index contributed by atoms with van der Waals surface area (Å²) in [4.78, 5) is 31.4. The topological polar surface area (TPSA) is 93.3 Å². The lowest BCUT2D eigenvalue weighted by molar-refractivity contribution is -0.125. The first-order valence-corrected chi connectivity index (χ1v) is 11.6. The van der Waals surface area contributed by atoms with Gasteiger partial charge in [-0.25, -0.2) is 14.1 Å². The summed E-state index contributed by atoms with van der Waals surface area (Å²) in [5.41, 5.74) is 0.686. The maximum Gasteiger partial charge on any atom is 0.266 e. The summed E-state index contributed by atoms with van der Waals surface area (Å²) in [5.74, 6) is -0.0249. The molecular formula is C23H22FN5O3S. The molecule has 1 fully saturated rings. The molecule has 1 unspecified atom stereocenters. The Bertz CT molecular complexity index is 1330. The monoisotopic (exact) mass is 467 g/mol. The molecule has 10 heteroatoms. The molecule has 1 aromatic carbocycles. The van der Waals surface area contributed by atoms with Crippen LogP contribution in [-0.2, 0) is 11.3 Å². The molecular weight excluding hydrogens is 445 g/mol. The van der Waals surface area contributed by atoms with E-state index < -0.39 is 0 Å². The number of carbonyl (C=O) groups is 1. The minimum Gasteiger partial charge on any atom is -0.463 e. The molecule has 1 atom stereocenters. The lowest BCUT2D eigenvalue weighted by Crippen LogP contribution is -2.44. The highest BCUT2D eigenvalue weighted by Gasteiger charge is 2.27. The fourth-order valence-electron chi connectivity index (χ4n) is 4.00. The van der Waals surface area contributed by atoms with E-state index in [0.717, 1.165) is 29.2 Å². The van der Waals surface area contributed by atoms with E-state index in [9.17, 15) is 14.0 Å². The van der Waals surface area contributed by atoms with Crippen molar-refractivity contribution in [3.8, 4) is 11.5 Å². The van der Waals surface area contributed by atoms with Gasteiger partial charge in [0.2, 0.25) is 5.91 Å². The van der Waals surface area contributed by atoms with Crippen LogP contribution in [0.5, 0.6) is 0 Å². The van der Waals surface area contributed by atoms with Crippen LogP contribution >= 0.6 is 11.3 Å². The zero-order valence-electron chi connectivity index (χ0n) is 17.7. The van der Waals surface area contributed by atoms with E-state index in [0.29, 0.717) is 23.5 Å². The number of amides is 1. The van der Waals surface area contributed by atoms with Crippen molar-refractivity contribution in [3.63, 3.8) is 0 Å². The molecule has 0 radical (unpaired) electrons. The maximum atomic E-state index is 14.0. The molecule has 4 aromatic rings. The quantitative estimate of drug-likeness (QED) is 0.468. The number of furan rings is 1. The van der Waals surface area contributed by atoms with Gasteiger partial charge in [0.05, 0.1) is 23.4 Å². The van der Waals surface area contributed by atoms with Crippen LogP contribution in [0.2, 0.25) is 0 Å². The summed E-state index contributed by atoms with van der Waals surface area (Å²) in [7, 11) is 0. The predicted octanol–water partition coefficient (Wildman–Crippen LogP) is 3.28. The third-order valence-corrected chi connectivity index (χ3v) is 6.77. The molecule has 1 aliphatic rings. The highest BCUT2D eigenvalue weighted by molar-refractivity contribution is 7.22. The molecule has 4 heterocycles. The number of piperidine rings is 1. The number of hydrogen-bond acceptors (Lipinski definition) is 7. The van der Waals surface area contributed by atoms with Crippen LogP contribution in [0.1, 0.15) is 12.8 Å². The largest absolute Gasteiger partial charge is 0.463 e. The molecule has 5 rings (SSSR count). The van der Waals surface area contributed by atoms with Gasteiger partial charge in [0.1, 0.15) is 17.0 Å². The number of nitrogens with one attached hydrogen (secondary N) is 1. The molecule has 1 aliphatic heterocycles. The number of halogens is 1. The van der Waals surface area contributed by atoms with Crippen molar-refractivity contribution in [2.45, 2.75) is 19.4 Å². The van der Waals surface area contributed by atoms with Crippen molar-refractivity contribution >= 4 is 32.6 Å². The Labute approximate surface area is 192 Å². The number of thiazole rings is 1. The molecule has 170 valence electrons. The molecule has 33 heavy (non-hydrogen) atoms. The van der Waals surface area contributed by atoms with E-state index in [2.05, 4.69) is 20.3 Å². The van der Waals surface area contributed by atoms with Crippen LogP contribution in [0.15, 0.2) is 57.9 Å². The minimum atomic E-state index is -0.332. The van der Waals surface area contributed by atoms with Crippen LogP contribution in [0.3, 0.4) is 0 Å². The highest BCUT2D eigenvalue weighted by Crippen LogP contribution is 2.32. The van der Waals surface area contributed by atoms with Crippen molar-refractivity contribution in [1.29, 1.82) is 0 Å². The summed E-state index contributed by atoms with van der Waals surface area (Å²) >= 11 is 1.44. The van der Waals surface area contributed by atoms with Crippen LogP contribution in [-0.4, -0.2) is 40.3 Å². The average molecular weight is 468 g/mol. The number of anilines is 1. The molecule has 0 bridgehead atoms. The number of aromatic nitrogens is 3. The lowest BCUT2D eigenvalue weighted by Gasteiger charge is -2.31. The second-order valence-electron chi connectivity index (χ2n) is 7.92. The second-order valence-corrected chi connectivity index (χ2v) is 8.93. The van der Waals surface area contributed by atoms with E-state index in [1.54, 1.807) is 30.5 Å². The molecule has 0 saturated carbocycles.